The van der Waals surface area contributed by atoms with Crippen molar-refractivity contribution in [3.8, 4) is 0 Å². The van der Waals surface area contributed by atoms with Crippen LogP contribution in [0.25, 0.3) is 0 Å². The van der Waals surface area contributed by atoms with Gasteiger partial charge in [-0.15, -0.1) is 0 Å². The van der Waals surface area contributed by atoms with E-state index < -0.39 is 20.5 Å². The highest BCUT2D eigenvalue weighted by molar-refractivity contribution is 7.91. The second-order valence-electron chi connectivity index (χ2n) is 6.07. The number of hydrogen-bond donors (Lipinski definition) is 2. The number of sulfone groups is 1. The van der Waals surface area contributed by atoms with E-state index in [-0.39, 0.29) is 5.91 Å². The first-order valence-corrected chi connectivity index (χ1v) is 10.1. The van der Waals surface area contributed by atoms with Gasteiger partial charge in [0, 0.05) is 35.9 Å². The van der Waals surface area contributed by atoms with Crippen LogP contribution < -0.4 is 10.6 Å². The third-order valence-corrected chi connectivity index (χ3v) is 5.47. The normalized spacial score (nSPS) is 11.3. The first-order chi connectivity index (χ1) is 13.9. The van der Waals surface area contributed by atoms with Crippen LogP contribution in [0, 0.1) is 0 Å². The molecule has 2 N–H and O–H groups in total. The van der Waals surface area contributed by atoms with Crippen molar-refractivity contribution in [2.24, 2.45) is 0 Å². The zero-order valence-electron chi connectivity index (χ0n) is 15.0. The average molecular weight is 417 g/mol. The van der Waals surface area contributed by atoms with Crippen molar-refractivity contribution in [3.63, 3.8) is 0 Å². The molecule has 1 heterocycles. The minimum absolute atomic E-state index is 0.244. The molecule has 0 aliphatic heterocycles. The Morgan fingerprint density at radius 1 is 0.897 bits per heavy atom. The van der Waals surface area contributed by atoms with Crippen molar-refractivity contribution < 1.29 is 22.0 Å². The highest BCUT2D eigenvalue weighted by Gasteiger charge is 2.26. The molecule has 0 aliphatic carbocycles. The van der Waals surface area contributed by atoms with Gasteiger partial charge >= 0.3 is 5.76 Å². The first-order valence-electron chi connectivity index (χ1n) is 8.52. The largest absolute Gasteiger partial charge is 0.381 e. The molecule has 3 aromatic rings. The van der Waals surface area contributed by atoms with Crippen molar-refractivity contribution >= 4 is 27.1 Å². The van der Waals surface area contributed by atoms with E-state index in [1.54, 1.807) is 48.8 Å². The van der Waals surface area contributed by atoms with Crippen molar-refractivity contribution in [3.05, 3.63) is 84.2 Å². The number of aromatic nitrogens is 1. The quantitative estimate of drug-likeness (QED) is 0.608. The summed E-state index contributed by atoms with van der Waals surface area (Å²) in [5.74, 6) is -3.69. The number of benzene rings is 2. The molecule has 0 aliphatic rings. The van der Waals surface area contributed by atoms with Gasteiger partial charge in [-0.05, 0) is 54.1 Å². The number of nitrogens with zero attached hydrogens (tertiary/aromatic N) is 1. The lowest BCUT2D eigenvalue weighted by Gasteiger charge is -2.09. The standard InChI is InChI=1S/C20H17F2N3O3S/c21-20(22)29(27,28)18-7-5-16(6-8-18)24-13-14-1-3-15(4-2-14)19(26)25-17-9-11-23-12-10-17/h1-12,20,24H,13H2,(H,23,25,26). The summed E-state index contributed by atoms with van der Waals surface area (Å²) in [7, 11) is -4.60. The Labute approximate surface area is 166 Å². The fourth-order valence-electron chi connectivity index (χ4n) is 2.48. The zero-order valence-corrected chi connectivity index (χ0v) is 15.9. The summed E-state index contributed by atoms with van der Waals surface area (Å²) in [6, 6.07) is 15.4. The maximum absolute atomic E-state index is 12.5. The van der Waals surface area contributed by atoms with E-state index in [1.807, 2.05) is 0 Å². The Balaban J connectivity index is 1.58. The molecule has 0 fully saturated rings. The molecule has 1 aromatic heterocycles. The molecule has 29 heavy (non-hydrogen) atoms. The Morgan fingerprint density at radius 3 is 2.10 bits per heavy atom. The fraction of sp³-hybridized carbons (Fsp3) is 0.100. The molecule has 0 saturated heterocycles. The minimum atomic E-state index is -4.60. The number of pyridine rings is 1. The minimum Gasteiger partial charge on any atom is -0.381 e. The summed E-state index contributed by atoms with van der Waals surface area (Å²) in [6.07, 6.45) is 3.17. The van der Waals surface area contributed by atoms with Crippen LogP contribution in [0.1, 0.15) is 15.9 Å². The van der Waals surface area contributed by atoms with Gasteiger partial charge in [0.25, 0.3) is 5.91 Å². The van der Waals surface area contributed by atoms with Crippen molar-refractivity contribution in [2.45, 2.75) is 17.2 Å². The van der Waals surface area contributed by atoms with E-state index in [4.69, 9.17) is 0 Å². The summed E-state index contributed by atoms with van der Waals surface area (Å²) in [5, 5.41) is 5.83. The van der Waals surface area contributed by atoms with Gasteiger partial charge in [-0.2, -0.15) is 8.78 Å². The molecule has 2 aromatic carbocycles. The van der Waals surface area contributed by atoms with E-state index in [0.717, 1.165) is 17.7 Å². The molecule has 0 radical (unpaired) electrons. The summed E-state index contributed by atoms with van der Waals surface area (Å²) < 4.78 is 47.9. The number of nitrogens with one attached hydrogen (secondary N) is 2. The highest BCUT2D eigenvalue weighted by Crippen LogP contribution is 2.20. The lowest BCUT2D eigenvalue weighted by Crippen LogP contribution is -2.12. The second kappa shape index (κ2) is 8.78. The molecule has 0 atom stereocenters. The lowest BCUT2D eigenvalue weighted by molar-refractivity contribution is 0.102. The number of carbonyl (C=O) groups is 1. The van der Waals surface area contributed by atoms with Crippen LogP contribution in [0.3, 0.4) is 0 Å². The molecule has 6 nitrogen and oxygen atoms in total. The van der Waals surface area contributed by atoms with Crippen LogP contribution in [-0.2, 0) is 16.4 Å². The Bertz CT molecular complexity index is 1070. The Morgan fingerprint density at radius 2 is 1.52 bits per heavy atom. The molecular weight excluding hydrogens is 400 g/mol. The maximum atomic E-state index is 12.5. The van der Waals surface area contributed by atoms with E-state index >= 15 is 0 Å². The van der Waals surface area contributed by atoms with E-state index in [9.17, 15) is 22.0 Å². The second-order valence-corrected chi connectivity index (χ2v) is 7.99. The molecular formula is C20H17F2N3O3S. The molecule has 0 saturated carbocycles. The number of carbonyl (C=O) groups excluding carboxylic acids is 1. The van der Waals surface area contributed by atoms with Gasteiger partial charge in [0.2, 0.25) is 9.84 Å². The SMILES string of the molecule is O=C(Nc1ccncc1)c1ccc(CNc2ccc(S(=O)(=O)C(F)F)cc2)cc1. The van der Waals surface area contributed by atoms with Crippen LogP contribution in [0.15, 0.2) is 78.0 Å². The highest BCUT2D eigenvalue weighted by atomic mass is 32.2. The van der Waals surface area contributed by atoms with Gasteiger partial charge in [-0.1, -0.05) is 12.1 Å². The van der Waals surface area contributed by atoms with Gasteiger partial charge in [0.1, 0.15) is 0 Å². The lowest BCUT2D eigenvalue weighted by atomic mass is 10.1. The predicted molar refractivity (Wildman–Crippen MR) is 106 cm³/mol. The monoisotopic (exact) mass is 417 g/mol. The van der Waals surface area contributed by atoms with Crippen LogP contribution >= 0.6 is 0 Å². The van der Waals surface area contributed by atoms with Gasteiger partial charge in [0.05, 0.1) is 4.90 Å². The van der Waals surface area contributed by atoms with E-state index in [0.29, 0.717) is 23.5 Å². The molecule has 150 valence electrons. The topological polar surface area (TPSA) is 88.2 Å². The molecule has 0 unspecified atom stereocenters. The average Bonchev–Trinajstić information content (AvgIpc) is 2.73. The third-order valence-electron chi connectivity index (χ3n) is 4.07. The number of amides is 1. The summed E-state index contributed by atoms with van der Waals surface area (Å²) in [5.41, 5.74) is 2.60. The number of hydrogen-bond acceptors (Lipinski definition) is 5. The van der Waals surface area contributed by atoms with Crippen molar-refractivity contribution in [1.82, 2.24) is 4.98 Å². The van der Waals surface area contributed by atoms with Crippen LogP contribution in [-0.4, -0.2) is 25.1 Å². The van der Waals surface area contributed by atoms with Crippen LogP contribution in [0.5, 0.6) is 0 Å². The Kier molecular flexibility index (Phi) is 6.18. The number of halogens is 2. The summed E-state index contributed by atoms with van der Waals surface area (Å²) in [6.45, 7) is 0.410. The Hall–Kier alpha value is -3.33. The number of rotatable bonds is 7. The van der Waals surface area contributed by atoms with E-state index in [2.05, 4.69) is 15.6 Å². The molecule has 0 bridgehead atoms. The van der Waals surface area contributed by atoms with Gasteiger partial charge in [0.15, 0.2) is 0 Å². The molecule has 0 spiro atoms. The fourth-order valence-corrected chi connectivity index (χ4v) is 3.20. The summed E-state index contributed by atoms with van der Waals surface area (Å²) in [4.78, 5) is 15.7. The maximum Gasteiger partial charge on any atom is 0.341 e. The van der Waals surface area contributed by atoms with Gasteiger partial charge in [-0.3, -0.25) is 9.78 Å². The zero-order chi connectivity index (χ0) is 20.9. The van der Waals surface area contributed by atoms with Gasteiger partial charge in [-0.25, -0.2) is 8.42 Å². The number of alkyl halides is 2. The smallest absolute Gasteiger partial charge is 0.341 e. The summed E-state index contributed by atoms with van der Waals surface area (Å²) >= 11 is 0. The van der Waals surface area contributed by atoms with Crippen LogP contribution in [0.2, 0.25) is 0 Å². The van der Waals surface area contributed by atoms with Gasteiger partial charge < -0.3 is 10.6 Å². The molecule has 1 amide bonds. The van der Waals surface area contributed by atoms with Crippen molar-refractivity contribution in [2.75, 3.05) is 10.6 Å². The van der Waals surface area contributed by atoms with Crippen molar-refractivity contribution in [1.29, 1.82) is 0 Å². The molecule has 3 rings (SSSR count). The van der Waals surface area contributed by atoms with E-state index in [1.165, 1.54) is 12.1 Å². The third kappa shape index (κ3) is 5.14. The predicted octanol–water partition coefficient (Wildman–Crippen LogP) is 3.94. The first kappa shape index (κ1) is 20.4. The number of anilines is 2. The van der Waals surface area contributed by atoms with Crippen LogP contribution in [0.4, 0.5) is 20.2 Å². The molecule has 9 heteroatoms.